The fourth-order valence-corrected chi connectivity index (χ4v) is 1.93. The van der Waals surface area contributed by atoms with Crippen LogP contribution in [0, 0.1) is 0 Å². The summed E-state index contributed by atoms with van der Waals surface area (Å²) in [7, 11) is 0. The molecule has 0 aliphatic carbocycles. The molecule has 0 saturated heterocycles. The molecule has 2 aromatic rings. The van der Waals surface area contributed by atoms with Gasteiger partial charge in [-0.2, -0.15) is 5.10 Å². The first kappa shape index (κ1) is 13.9. The summed E-state index contributed by atoms with van der Waals surface area (Å²) >= 11 is 6.01. The number of nitrogens with two attached hydrogens (primary N) is 1. The number of nitrogens with zero attached hydrogens (tertiary/aromatic N) is 2. The molecule has 0 aliphatic heterocycles. The van der Waals surface area contributed by atoms with E-state index in [4.69, 9.17) is 22.1 Å². The van der Waals surface area contributed by atoms with Crippen molar-refractivity contribution in [1.82, 2.24) is 9.78 Å². The van der Waals surface area contributed by atoms with Crippen LogP contribution in [0.25, 0.3) is 0 Å². The van der Waals surface area contributed by atoms with Gasteiger partial charge < -0.3 is 10.5 Å². The molecule has 0 radical (unpaired) electrons. The van der Waals surface area contributed by atoms with Crippen LogP contribution in [0.1, 0.15) is 25.5 Å². The fraction of sp³-hybridized carbons (Fsp3) is 0.357. The van der Waals surface area contributed by atoms with E-state index in [2.05, 4.69) is 18.9 Å². The van der Waals surface area contributed by atoms with Crippen molar-refractivity contribution in [2.75, 3.05) is 6.54 Å². The van der Waals surface area contributed by atoms with E-state index in [0.29, 0.717) is 23.4 Å². The average Bonchev–Trinajstić information content (AvgIpc) is 2.81. The van der Waals surface area contributed by atoms with Gasteiger partial charge in [0.05, 0.1) is 12.4 Å². The highest BCUT2D eigenvalue weighted by Crippen LogP contribution is 2.28. The highest BCUT2D eigenvalue weighted by molar-refractivity contribution is 6.30. The second-order valence-corrected chi connectivity index (χ2v) is 5.08. The second kappa shape index (κ2) is 6.08. The molecule has 102 valence electrons. The first-order valence-corrected chi connectivity index (χ1v) is 6.68. The minimum Gasteiger partial charge on any atom is -0.454 e. The Morgan fingerprint density at radius 3 is 2.84 bits per heavy atom. The van der Waals surface area contributed by atoms with E-state index in [9.17, 15) is 0 Å². The second-order valence-electron chi connectivity index (χ2n) is 4.64. The van der Waals surface area contributed by atoms with Gasteiger partial charge in [0, 0.05) is 11.1 Å². The van der Waals surface area contributed by atoms with E-state index in [1.807, 2.05) is 23.0 Å². The normalized spacial score (nSPS) is 11.0. The third-order valence-corrected chi connectivity index (χ3v) is 3.01. The Hall–Kier alpha value is -1.52. The van der Waals surface area contributed by atoms with Gasteiger partial charge >= 0.3 is 0 Å². The van der Waals surface area contributed by atoms with Crippen molar-refractivity contribution < 1.29 is 4.74 Å². The van der Waals surface area contributed by atoms with Crippen molar-refractivity contribution in [3.8, 4) is 11.5 Å². The Bertz CT molecular complexity index is 551. The van der Waals surface area contributed by atoms with Crippen LogP contribution in [0.3, 0.4) is 0 Å². The Labute approximate surface area is 118 Å². The maximum absolute atomic E-state index is 6.01. The lowest BCUT2D eigenvalue weighted by atomic mass is 10.1. The molecule has 2 rings (SSSR count). The van der Waals surface area contributed by atoms with Crippen LogP contribution in [-0.4, -0.2) is 16.3 Å². The number of aromatic nitrogens is 2. The smallest absolute Gasteiger partial charge is 0.165 e. The molecule has 1 heterocycles. The van der Waals surface area contributed by atoms with Gasteiger partial charge in [-0.1, -0.05) is 17.7 Å². The maximum Gasteiger partial charge on any atom is 0.165 e. The molecule has 0 atom stereocenters. The third kappa shape index (κ3) is 3.49. The predicted molar refractivity (Wildman–Crippen MR) is 76.9 cm³/mol. The summed E-state index contributed by atoms with van der Waals surface area (Å²) in [5.41, 5.74) is 6.65. The molecule has 0 spiro atoms. The van der Waals surface area contributed by atoms with Gasteiger partial charge in [0.1, 0.15) is 5.75 Å². The van der Waals surface area contributed by atoms with E-state index in [-0.39, 0.29) is 0 Å². The lowest BCUT2D eigenvalue weighted by Crippen LogP contribution is -2.04. The third-order valence-electron chi connectivity index (χ3n) is 2.78. The Kier molecular flexibility index (Phi) is 4.45. The Morgan fingerprint density at radius 1 is 1.42 bits per heavy atom. The highest BCUT2D eigenvalue weighted by Gasteiger charge is 2.08. The van der Waals surface area contributed by atoms with Crippen LogP contribution in [0.15, 0.2) is 30.6 Å². The number of hydrogen-bond donors (Lipinski definition) is 1. The van der Waals surface area contributed by atoms with Crippen molar-refractivity contribution in [3.63, 3.8) is 0 Å². The van der Waals surface area contributed by atoms with E-state index in [1.54, 1.807) is 12.3 Å². The number of hydrogen-bond acceptors (Lipinski definition) is 3. The van der Waals surface area contributed by atoms with E-state index in [0.717, 1.165) is 17.7 Å². The standard InChI is InChI=1S/C14H18ClN3O/c1-10(2)18-9-13(8-17-18)19-14-7-12(15)4-3-11(14)5-6-16/h3-4,7-10H,5-6,16H2,1-2H3. The Balaban J connectivity index is 2.23. The largest absolute Gasteiger partial charge is 0.454 e. The first-order valence-electron chi connectivity index (χ1n) is 6.30. The monoisotopic (exact) mass is 279 g/mol. The summed E-state index contributed by atoms with van der Waals surface area (Å²) in [6.07, 6.45) is 4.33. The number of ether oxygens (including phenoxy) is 1. The van der Waals surface area contributed by atoms with Gasteiger partial charge in [0.25, 0.3) is 0 Å². The number of halogens is 1. The lowest BCUT2D eigenvalue weighted by Gasteiger charge is -2.09. The van der Waals surface area contributed by atoms with Crippen molar-refractivity contribution in [1.29, 1.82) is 0 Å². The maximum atomic E-state index is 6.01. The number of benzene rings is 1. The Morgan fingerprint density at radius 2 is 2.21 bits per heavy atom. The molecule has 0 bridgehead atoms. The quantitative estimate of drug-likeness (QED) is 0.912. The zero-order valence-corrected chi connectivity index (χ0v) is 11.9. The fourth-order valence-electron chi connectivity index (χ4n) is 1.77. The summed E-state index contributed by atoms with van der Waals surface area (Å²) in [6, 6.07) is 5.90. The zero-order chi connectivity index (χ0) is 13.8. The molecular formula is C14H18ClN3O. The van der Waals surface area contributed by atoms with Crippen LogP contribution in [0.4, 0.5) is 0 Å². The predicted octanol–water partition coefficient (Wildman–Crippen LogP) is 3.41. The topological polar surface area (TPSA) is 53.1 Å². The summed E-state index contributed by atoms with van der Waals surface area (Å²) in [6.45, 7) is 4.70. The minimum absolute atomic E-state index is 0.306. The molecule has 19 heavy (non-hydrogen) atoms. The van der Waals surface area contributed by atoms with Gasteiger partial charge in [0.15, 0.2) is 5.75 Å². The van der Waals surface area contributed by atoms with Crippen molar-refractivity contribution in [3.05, 3.63) is 41.2 Å². The molecule has 4 nitrogen and oxygen atoms in total. The van der Waals surface area contributed by atoms with Gasteiger partial charge in [0.2, 0.25) is 0 Å². The molecule has 0 saturated carbocycles. The van der Waals surface area contributed by atoms with Crippen molar-refractivity contribution in [2.45, 2.75) is 26.3 Å². The van der Waals surface area contributed by atoms with Crippen LogP contribution in [0.2, 0.25) is 5.02 Å². The van der Waals surface area contributed by atoms with Gasteiger partial charge in [-0.05, 0) is 44.5 Å². The molecule has 2 N–H and O–H groups in total. The molecule has 0 aliphatic rings. The molecular weight excluding hydrogens is 262 g/mol. The molecule has 0 unspecified atom stereocenters. The minimum atomic E-state index is 0.306. The summed E-state index contributed by atoms with van der Waals surface area (Å²) in [5.74, 6) is 1.44. The molecule has 0 amide bonds. The van der Waals surface area contributed by atoms with Crippen LogP contribution < -0.4 is 10.5 Å². The van der Waals surface area contributed by atoms with Gasteiger partial charge in [-0.25, -0.2) is 0 Å². The zero-order valence-electron chi connectivity index (χ0n) is 11.1. The van der Waals surface area contributed by atoms with E-state index < -0.39 is 0 Å². The molecule has 5 heteroatoms. The lowest BCUT2D eigenvalue weighted by molar-refractivity contribution is 0.471. The summed E-state index contributed by atoms with van der Waals surface area (Å²) in [5, 5.41) is 4.89. The van der Waals surface area contributed by atoms with Crippen LogP contribution in [0.5, 0.6) is 11.5 Å². The van der Waals surface area contributed by atoms with Crippen LogP contribution in [-0.2, 0) is 6.42 Å². The molecule has 1 aromatic heterocycles. The SMILES string of the molecule is CC(C)n1cc(Oc2cc(Cl)ccc2CCN)cn1. The van der Waals surface area contributed by atoms with Crippen molar-refractivity contribution >= 4 is 11.6 Å². The van der Waals surface area contributed by atoms with Crippen LogP contribution >= 0.6 is 11.6 Å². The van der Waals surface area contributed by atoms with Gasteiger partial charge in [-0.3, -0.25) is 4.68 Å². The van der Waals surface area contributed by atoms with Crippen molar-refractivity contribution in [2.24, 2.45) is 5.73 Å². The molecule has 0 fully saturated rings. The van der Waals surface area contributed by atoms with E-state index in [1.165, 1.54) is 0 Å². The summed E-state index contributed by atoms with van der Waals surface area (Å²) < 4.78 is 7.70. The highest BCUT2D eigenvalue weighted by atomic mass is 35.5. The summed E-state index contributed by atoms with van der Waals surface area (Å²) in [4.78, 5) is 0. The average molecular weight is 280 g/mol. The number of rotatable bonds is 5. The van der Waals surface area contributed by atoms with Gasteiger partial charge in [-0.15, -0.1) is 0 Å². The van der Waals surface area contributed by atoms with E-state index >= 15 is 0 Å². The first-order chi connectivity index (χ1) is 9.10. The molecule has 1 aromatic carbocycles.